The van der Waals surface area contributed by atoms with Gasteiger partial charge in [0.1, 0.15) is 11.6 Å². The second kappa shape index (κ2) is 16.5. The number of hydrogen-bond donors (Lipinski definition) is 3. The van der Waals surface area contributed by atoms with E-state index in [2.05, 4.69) is 30.3 Å². The molecule has 0 fully saturated rings. The molecule has 2 rings (SSSR count). The first-order chi connectivity index (χ1) is 21.2. The summed E-state index contributed by atoms with van der Waals surface area (Å²) >= 11 is 0. The van der Waals surface area contributed by atoms with Gasteiger partial charge in [-0.15, -0.1) is 5.11 Å². The van der Waals surface area contributed by atoms with Crippen LogP contribution in [0.4, 0.5) is 11.4 Å². The van der Waals surface area contributed by atoms with Gasteiger partial charge in [-0.1, -0.05) is 46.3 Å². The highest BCUT2D eigenvalue weighted by Gasteiger charge is 2.26. The van der Waals surface area contributed by atoms with E-state index in [4.69, 9.17) is 10.2 Å². The van der Waals surface area contributed by atoms with Gasteiger partial charge in [0.25, 0.3) is 5.56 Å². The van der Waals surface area contributed by atoms with E-state index in [-0.39, 0.29) is 76.9 Å². The molecule has 0 bridgehead atoms. The highest BCUT2D eigenvalue weighted by Crippen LogP contribution is 2.33. The summed E-state index contributed by atoms with van der Waals surface area (Å²) in [5.74, 6) is -2.88. The number of nitriles is 1. The van der Waals surface area contributed by atoms with Crippen LogP contribution in [-0.4, -0.2) is 57.6 Å². The van der Waals surface area contributed by atoms with Gasteiger partial charge in [0.15, 0.2) is 5.69 Å². The van der Waals surface area contributed by atoms with Gasteiger partial charge in [0.05, 0.1) is 10.6 Å². The average molecular weight is 642 g/mol. The van der Waals surface area contributed by atoms with Crippen LogP contribution in [0.5, 0.6) is 5.88 Å². The smallest absolute Gasteiger partial charge is 0.331 e. The van der Waals surface area contributed by atoms with Crippen LogP contribution in [0.2, 0.25) is 0 Å². The number of aromatic hydroxyl groups is 1. The quantitative estimate of drug-likeness (QED) is 0.140. The first-order valence-electron chi connectivity index (χ1n) is 14.4. The lowest BCUT2D eigenvalue weighted by Gasteiger charge is -2.22. The number of benzene rings is 1. The van der Waals surface area contributed by atoms with Crippen molar-refractivity contribution in [3.8, 4) is 11.9 Å². The molecule has 0 saturated heterocycles. The standard InChI is InChI=1S/C31H39N5O8S/c1-6-8-9-23(7-2)19-36-28(37)26(18-32)22(5)27(29(36)38)34-33-24-10-12-25(13-11-24)45(43,44)35(16-14-20(3)30(39)40)17-15-21(4)31(41)42/h10-13,23,38H,3-4,6-9,14-17,19H2,1-2,5H3,(H,39,40)(H,41,42). The topological polar surface area (TPSA) is 203 Å². The summed E-state index contributed by atoms with van der Waals surface area (Å²) in [7, 11) is -4.20. The zero-order chi connectivity index (χ0) is 33.9. The van der Waals surface area contributed by atoms with Crippen LogP contribution in [0.25, 0.3) is 0 Å². The summed E-state index contributed by atoms with van der Waals surface area (Å²) in [5.41, 5.74) is -0.899. The van der Waals surface area contributed by atoms with Crippen LogP contribution in [0.3, 0.4) is 0 Å². The average Bonchev–Trinajstić information content (AvgIpc) is 3.00. The number of hydrogen-bond acceptors (Lipinski definition) is 9. The Morgan fingerprint density at radius 2 is 1.60 bits per heavy atom. The lowest BCUT2D eigenvalue weighted by atomic mass is 9.99. The summed E-state index contributed by atoms with van der Waals surface area (Å²) in [6, 6.07) is 7.10. The van der Waals surface area contributed by atoms with E-state index in [0.717, 1.165) is 34.6 Å². The Balaban J connectivity index is 2.42. The maximum absolute atomic E-state index is 13.4. The van der Waals surface area contributed by atoms with Gasteiger partial charge in [0.2, 0.25) is 15.9 Å². The first-order valence-corrected chi connectivity index (χ1v) is 15.8. The van der Waals surface area contributed by atoms with E-state index in [9.17, 15) is 33.2 Å². The van der Waals surface area contributed by atoms with Crippen molar-refractivity contribution in [3.63, 3.8) is 0 Å². The van der Waals surface area contributed by atoms with Crippen molar-refractivity contribution in [1.82, 2.24) is 8.87 Å². The summed E-state index contributed by atoms with van der Waals surface area (Å²) in [5, 5.41) is 47.1. The van der Waals surface area contributed by atoms with E-state index in [1.165, 1.54) is 31.2 Å². The molecule has 242 valence electrons. The van der Waals surface area contributed by atoms with Gasteiger partial charge in [-0.05, 0) is 56.4 Å². The Labute approximate surface area is 262 Å². The van der Waals surface area contributed by atoms with Crippen LogP contribution >= 0.6 is 0 Å². The number of rotatable bonds is 18. The molecular formula is C31H39N5O8S. The third-order valence-corrected chi connectivity index (χ3v) is 9.34. The highest BCUT2D eigenvalue weighted by atomic mass is 32.2. The van der Waals surface area contributed by atoms with Crippen molar-refractivity contribution in [2.24, 2.45) is 16.1 Å². The van der Waals surface area contributed by atoms with Crippen LogP contribution < -0.4 is 5.56 Å². The Morgan fingerprint density at radius 3 is 2.07 bits per heavy atom. The largest absolute Gasteiger partial charge is 0.493 e. The Kier molecular flexibility index (Phi) is 13.4. The molecule has 1 aromatic carbocycles. The predicted octanol–water partition coefficient (Wildman–Crippen LogP) is 5.42. The Hall–Kier alpha value is -4.61. The molecule has 0 saturated carbocycles. The lowest BCUT2D eigenvalue weighted by molar-refractivity contribution is -0.133. The number of carboxylic acid groups (broad SMARTS) is 2. The molecule has 0 radical (unpaired) electrons. The Bertz CT molecular complexity index is 1640. The summed E-state index contributed by atoms with van der Waals surface area (Å²) in [4.78, 5) is 35.2. The molecule has 45 heavy (non-hydrogen) atoms. The third kappa shape index (κ3) is 9.44. The van der Waals surface area contributed by atoms with Crippen LogP contribution in [0.1, 0.15) is 63.5 Å². The normalized spacial score (nSPS) is 12.2. The number of sulfonamides is 1. The van der Waals surface area contributed by atoms with E-state index < -0.39 is 33.4 Å². The molecule has 2 aromatic rings. The van der Waals surface area contributed by atoms with Gasteiger partial charge in [0, 0.05) is 36.3 Å². The van der Waals surface area contributed by atoms with Crippen molar-refractivity contribution in [2.45, 2.75) is 70.7 Å². The maximum Gasteiger partial charge on any atom is 0.331 e. The van der Waals surface area contributed by atoms with Crippen molar-refractivity contribution in [3.05, 3.63) is 70.1 Å². The predicted molar refractivity (Wildman–Crippen MR) is 167 cm³/mol. The monoisotopic (exact) mass is 641 g/mol. The highest BCUT2D eigenvalue weighted by molar-refractivity contribution is 7.89. The SMILES string of the molecule is C=C(CCN(CCC(=C)C(=O)O)S(=O)(=O)c1ccc(N=Nc2c(C)c(C#N)c(=O)n(CC(CC)CCCC)c2O)cc1)C(=O)O. The number of aliphatic carboxylic acids is 2. The molecule has 0 amide bonds. The van der Waals surface area contributed by atoms with Gasteiger partial charge in [-0.2, -0.15) is 14.7 Å². The summed E-state index contributed by atoms with van der Waals surface area (Å²) < 4.78 is 28.9. The maximum atomic E-state index is 13.4. The Morgan fingerprint density at radius 1 is 1.04 bits per heavy atom. The number of carboxylic acids is 2. The molecule has 1 heterocycles. The van der Waals surface area contributed by atoms with Crippen LogP contribution in [0.15, 0.2) is 68.5 Å². The molecular weight excluding hydrogens is 602 g/mol. The fourth-order valence-electron chi connectivity index (χ4n) is 4.43. The van der Waals surface area contributed by atoms with E-state index in [1.54, 1.807) is 0 Å². The molecule has 14 heteroatoms. The minimum atomic E-state index is -4.20. The molecule has 0 spiro atoms. The third-order valence-electron chi connectivity index (χ3n) is 7.42. The minimum absolute atomic E-state index is 0.0586. The lowest BCUT2D eigenvalue weighted by Crippen LogP contribution is -2.34. The van der Waals surface area contributed by atoms with E-state index in [0.29, 0.717) is 0 Å². The van der Waals surface area contributed by atoms with Gasteiger partial charge < -0.3 is 15.3 Å². The fourth-order valence-corrected chi connectivity index (χ4v) is 5.87. The molecule has 0 aliphatic carbocycles. The number of pyridine rings is 1. The van der Waals surface area contributed by atoms with E-state index in [1.807, 2.05) is 13.0 Å². The molecule has 1 atom stereocenters. The minimum Gasteiger partial charge on any atom is -0.493 e. The fraction of sp³-hybridized carbons (Fsp3) is 0.419. The second-order valence-corrected chi connectivity index (χ2v) is 12.5. The summed E-state index contributed by atoms with van der Waals surface area (Å²) in [6.07, 6.45) is 3.18. The molecule has 13 nitrogen and oxygen atoms in total. The van der Waals surface area contributed by atoms with Gasteiger partial charge in [-0.25, -0.2) is 18.0 Å². The van der Waals surface area contributed by atoms with Crippen molar-refractivity contribution < 1.29 is 33.3 Å². The van der Waals surface area contributed by atoms with Crippen molar-refractivity contribution in [2.75, 3.05) is 13.1 Å². The zero-order valence-electron chi connectivity index (χ0n) is 25.7. The van der Waals surface area contributed by atoms with E-state index >= 15 is 0 Å². The van der Waals surface area contributed by atoms with Crippen molar-refractivity contribution >= 4 is 33.3 Å². The van der Waals surface area contributed by atoms with Gasteiger partial charge >= 0.3 is 11.9 Å². The molecule has 0 aliphatic rings. The van der Waals surface area contributed by atoms with Crippen molar-refractivity contribution in [1.29, 1.82) is 5.26 Å². The molecule has 1 unspecified atom stereocenters. The van der Waals surface area contributed by atoms with Crippen LogP contribution in [0, 0.1) is 24.2 Å². The van der Waals surface area contributed by atoms with Gasteiger partial charge in [-0.3, -0.25) is 9.36 Å². The first kappa shape index (κ1) is 36.6. The number of unbranched alkanes of at least 4 members (excludes halogenated alkanes) is 1. The number of nitrogens with zero attached hydrogens (tertiary/aromatic N) is 5. The zero-order valence-corrected chi connectivity index (χ0v) is 26.5. The summed E-state index contributed by atoms with van der Waals surface area (Å²) in [6.45, 7) is 12.1. The number of aromatic nitrogens is 1. The second-order valence-electron chi connectivity index (χ2n) is 10.5. The number of carbonyl (C=O) groups is 2. The molecule has 3 N–H and O–H groups in total. The molecule has 1 aromatic heterocycles. The molecule has 0 aliphatic heterocycles. The number of azo groups is 1. The van der Waals surface area contributed by atoms with Crippen LogP contribution in [-0.2, 0) is 26.2 Å².